The molecule has 0 aliphatic heterocycles. The molecule has 3 aromatic carbocycles. The highest BCUT2D eigenvalue weighted by molar-refractivity contribution is 5.81. The zero-order valence-electron chi connectivity index (χ0n) is 20.9. The van der Waals surface area contributed by atoms with E-state index in [1.54, 1.807) is 0 Å². The van der Waals surface area contributed by atoms with E-state index in [1.807, 2.05) is 91.0 Å². The number of carbonyl (C=O) groups is 1. The van der Waals surface area contributed by atoms with Gasteiger partial charge in [-0.05, 0) is 23.1 Å². The summed E-state index contributed by atoms with van der Waals surface area (Å²) in [6, 6.07) is 29.1. The lowest BCUT2D eigenvalue weighted by molar-refractivity contribution is -0.174. The number of hydrogen-bond donors (Lipinski definition) is 2. The van der Waals surface area contributed by atoms with E-state index in [2.05, 4.69) is 12.2 Å². The van der Waals surface area contributed by atoms with E-state index in [9.17, 15) is 9.90 Å². The number of ether oxygens (including phenoxy) is 3. The zero-order chi connectivity index (χ0) is 25.4. The van der Waals surface area contributed by atoms with Crippen LogP contribution < -0.4 is 5.32 Å². The fraction of sp³-hybridized carbons (Fsp3) is 0.367. The molecule has 2 N–H and O–H groups in total. The SMILES string of the molecule is CCCCNC(=O)C(OCc1ccccc1)C(OCc1ccccc1)C(CO)OCc1ccccc1. The van der Waals surface area contributed by atoms with Crippen molar-refractivity contribution < 1.29 is 24.1 Å². The molecule has 3 unspecified atom stereocenters. The number of rotatable bonds is 16. The minimum absolute atomic E-state index is 0.231. The molecule has 3 atom stereocenters. The highest BCUT2D eigenvalue weighted by Crippen LogP contribution is 2.19. The number of hydrogen-bond acceptors (Lipinski definition) is 5. The van der Waals surface area contributed by atoms with Crippen molar-refractivity contribution >= 4 is 5.91 Å². The van der Waals surface area contributed by atoms with Gasteiger partial charge in [0.2, 0.25) is 0 Å². The van der Waals surface area contributed by atoms with Gasteiger partial charge >= 0.3 is 0 Å². The van der Waals surface area contributed by atoms with Gasteiger partial charge in [0, 0.05) is 6.54 Å². The maximum atomic E-state index is 13.3. The molecule has 1 amide bonds. The lowest BCUT2D eigenvalue weighted by atomic mass is 10.1. The lowest BCUT2D eigenvalue weighted by Gasteiger charge is -2.32. The van der Waals surface area contributed by atoms with Crippen LogP contribution in [-0.4, -0.2) is 42.5 Å². The van der Waals surface area contributed by atoms with Crippen molar-refractivity contribution in [1.29, 1.82) is 0 Å². The second kappa shape index (κ2) is 15.9. The number of carbonyl (C=O) groups excluding carboxylic acids is 1. The second-order valence-electron chi connectivity index (χ2n) is 8.64. The fourth-order valence-electron chi connectivity index (χ4n) is 3.75. The highest BCUT2D eigenvalue weighted by atomic mass is 16.6. The van der Waals surface area contributed by atoms with Crippen molar-refractivity contribution in [2.24, 2.45) is 0 Å². The van der Waals surface area contributed by atoms with Gasteiger partial charge in [-0.25, -0.2) is 0 Å². The zero-order valence-corrected chi connectivity index (χ0v) is 20.9. The molecule has 0 aromatic heterocycles. The van der Waals surface area contributed by atoms with Crippen LogP contribution in [0, 0.1) is 0 Å². The van der Waals surface area contributed by atoms with Crippen molar-refractivity contribution in [3.63, 3.8) is 0 Å². The van der Waals surface area contributed by atoms with Gasteiger partial charge in [0.1, 0.15) is 12.2 Å². The van der Waals surface area contributed by atoms with Gasteiger partial charge in [0.15, 0.2) is 6.10 Å². The Bertz CT molecular complexity index is 984. The van der Waals surface area contributed by atoms with Crippen LogP contribution in [0.15, 0.2) is 91.0 Å². The third-order valence-electron chi connectivity index (χ3n) is 5.80. The van der Waals surface area contributed by atoms with Crippen molar-refractivity contribution in [3.8, 4) is 0 Å². The van der Waals surface area contributed by atoms with Crippen molar-refractivity contribution in [1.82, 2.24) is 5.32 Å². The molecule has 0 aliphatic rings. The topological polar surface area (TPSA) is 77.0 Å². The number of nitrogens with one attached hydrogen (secondary N) is 1. The van der Waals surface area contributed by atoms with Gasteiger partial charge in [-0.1, -0.05) is 104 Å². The molecule has 6 nitrogen and oxygen atoms in total. The Balaban J connectivity index is 1.82. The quantitative estimate of drug-likeness (QED) is 0.285. The standard InChI is InChI=1S/C30H37NO5/c1-2-3-19-31-30(33)29(36-23-26-17-11-6-12-18-26)28(35-22-25-15-9-5-10-16-25)27(20-32)34-21-24-13-7-4-8-14-24/h4-18,27-29,32H,2-3,19-23H2,1H3,(H,31,33). The van der Waals surface area contributed by atoms with Crippen LogP contribution in [0.3, 0.4) is 0 Å². The minimum Gasteiger partial charge on any atom is -0.394 e. The monoisotopic (exact) mass is 491 g/mol. The number of aliphatic hydroxyl groups is 1. The van der Waals surface area contributed by atoms with Crippen LogP contribution in [-0.2, 0) is 38.8 Å². The van der Waals surface area contributed by atoms with E-state index in [0.717, 1.165) is 29.5 Å². The second-order valence-corrected chi connectivity index (χ2v) is 8.64. The van der Waals surface area contributed by atoms with E-state index in [4.69, 9.17) is 14.2 Å². The average Bonchev–Trinajstić information content (AvgIpc) is 2.93. The van der Waals surface area contributed by atoms with E-state index >= 15 is 0 Å². The molecular weight excluding hydrogens is 454 g/mol. The Morgan fingerprint density at radius 1 is 0.750 bits per heavy atom. The molecule has 0 fully saturated rings. The van der Waals surface area contributed by atoms with Gasteiger partial charge in [-0.15, -0.1) is 0 Å². The molecule has 3 rings (SSSR count). The molecule has 0 aliphatic carbocycles. The number of benzene rings is 3. The first-order valence-electron chi connectivity index (χ1n) is 12.6. The molecular formula is C30H37NO5. The van der Waals surface area contributed by atoms with Crippen LogP contribution >= 0.6 is 0 Å². The largest absolute Gasteiger partial charge is 0.394 e. The summed E-state index contributed by atoms with van der Waals surface area (Å²) < 4.78 is 18.6. The maximum Gasteiger partial charge on any atom is 0.251 e. The predicted molar refractivity (Wildman–Crippen MR) is 140 cm³/mol. The first-order valence-corrected chi connectivity index (χ1v) is 12.6. The lowest BCUT2D eigenvalue weighted by Crippen LogP contribution is -2.52. The summed E-state index contributed by atoms with van der Waals surface area (Å²) in [4.78, 5) is 13.3. The summed E-state index contributed by atoms with van der Waals surface area (Å²) in [5, 5.41) is 13.3. The molecule has 6 heteroatoms. The van der Waals surface area contributed by atoms with Crippen molar-refractivity contribution in [2.45, 2.75) is 57.9 Å². The summed E-state index contributed by atoms with van der Waals surface area (Å²) in [7, 11) is 0. The van der Waals surface area contributed by atoms with E-state index in [-0.39, 0.29) is 32.3 Å². The summed E-state index contributed by atoms with van der Waals surface area (Å²) in [5.74, 6) is -0.279. The van der Waals surface area contributed by atoms with Gasteiger partial charge in [-0.2, -0.15) is 0 Å². The summed E-state index contributed by atoms with van der Waals surface area (Å²) in [5.41, 5.74) is 2.86. The molecule has 0 saturated carbocycles. The van der Waals surface area contributed by atoms with Gasteiger partial charge in [0.25, 0.3) is 5.91 Å². The fourth-order valence-corrected chi connectivity index (χ4v) is 3.75. The Morgan fingerprint density at radius 2 is 1.22 bits per heavy atom. The first kappa shape index (κ1) is 27.6. The van der Waals surface area contributed by atoms with Crippen LogP contribution in [0.5, 0.6) is 0 Å². The Hall–Kier alpha value is -3.03. The maximum absolute atomic E-state index is 13.3. The van der Waals surface area contributed by atoms with Gasteiger partial charge in [-0.3, -0.25) is 4.79 Å². The molecule has 0 heterocycles. The summed E-state index contributed by atoms with van der Waals surface area (Å²) in [6.45, 7) is 3.06. The van der Waals surface area contributed by atoms with Crippen molar-refractivity contribution in [2.75, 3.05) is 13.2 Å². The number of unbranched alkanes of at least 4 members (excludes halogenated alkanes) is 1. The normalized spacial score (nSPS) is 13.6. The average molecular weight is 492 g/mol. The van der Waals surface area contributed by atoms with Crippen LogP contribution in [0.25, 0.3) is 0 Å². The van der Waals surface area contributed by atoms with Crippen LogP contribution in [0.4, 0.5) is 0 Å². The molecule has 0 spiro atoms. The Morgan fingerprint density at radius 3 is 1.69 bits per heavy atom. The predicted octanol–water partition coefficient (Wildman–Crippen LogP) is 4.65. The summed E-state index contributed by atoms with van der Waals surface area (Å²) in [6.07, 6.45) is -0.751. The molecule has 0 bridgehead atoms. The van der Waals surface area contributed by atoms with Crippen molar-refractivity contribution in [3.05, 3.63) is 108 Å². The highest BCUT2D eigenvalue weighted by Gasteiger charge is 2.37. The van der Waals surface area contributed by atoms with E-state index in [0.29, 0.717) is 6.54 Å². The Labute approximate surface area is 214 Å². The molecule has 0 radical (unpaired) electrons. The first-order chi connectivity index (χ1) is 17.7. The minimum atomic E-state index is -0.973. The smallest absolute Gasteiger partial charge is 0.251 e. The molecule has 0 saturated heterocycles. The van der Waals surface area contributed by atoms with Gasteiger partial charge in [0.05, 0.1) is 26.4 Å². The third-order valence-corrected chi connectivity index (χ3v) is 5.80. The van der Waals surface area contributed by atoms with Crippen LogP contribution in [0.1, 0.15) is 36.5 Å². The third kappa shape index (κ3) is 9.21. The molecule has 36 heavy (non-hydrogen) atoms. The molecule has 3 aromatic rings. The van der Waals surface area contributed by atoms with Gasteiger partial charge < -0.3 is 24.6 Å². The van der Waals surface area contributed by atoms with E-state index in [1.165, 1.54) is 0 Å². The Kier molecular flexibility index (Phi) is 12.1. The summed E-state index contributed by atoms with van der Waals surface area (Å²) >= 11 is 0. The van der Waals surface area contributed by atoms with Crippen LogP contribution in [0.2, 0.25) is 0 Å². The van der Waals surface area contributed by atoms with E-state index < -0.39 is 18.3 Å². The molecule has 192 valence electrons. The number of amides is 1. The number of aliphatic hydroxyl groups excluding tert-OH is 1.